The zero-order valence-electron chi connectivity index (χ0n) is 25.1. The normalized spacial score (nSPS) is 15.8. The first-order chi connectivity index (χ1) is 22.5. The number of benzene rings is 2. The van der Waals surface area contributed by atoms with Crippen molar-refractivity contribution < 1.29 is 9.18 Å². The summed E-state index contributed by atoms with van der Waals surface area (Å²) in [5.41, 5.74) is 6.18. The lowest BCUT2D eigenvalue weighted by Gasteiger charge is -2.31. The maximum absolute atomic E-state index is 14.0. The Bertz CT molecular complexity index is 2040. The van der Waals surface area contributed by atoms with Crippen LogP contribution < -0.4 is 11.2 Å². The van der Waals surface area contributed by atoms with Crippen molar-refractivity contribution in [1.29, 1.82) is 0 Å². The smallest absolute Gasteiger partial charge is 0.256 e. The average Bonchev–Trinajstić information content (AvgIpc) is 3.74. The van der Waals surface area contributed by atoms with Crippen LogP contribution in [0, 0.1) is 5.82 Å². The van der Waals surface area contributed by atoms with Gasteiger partial charge in [-0.1, -0.05) is 18.2 Å². The molecule has 3 N–H and O–H groups in total. The third-order valence-electron chi connectivity index (χ3n) is 8.79. The van der Waals surface area contributed by atoms with E-state index in [9.17, 15) is 9.18 Å². The highest BCUT2D eigenvalue weighted by atomic mass is 19.1. The fraction of sp³-hybridized carbons (Fsp3) is 0.229. The number of piperidine rings is 1. The van der Waals surface area contributed by atoms with Crippen molar-refractivity contribution >= 4 is 17.4 Å². The second-order valence-electron chi connectivity index (χ2n) is 12.0. The third-order valence-corrected chi connectivity index (χ3v) is 8.79. The molecule has 1 aliphatic carbocycles. The minimum absolute atomic E-state index is 0.213. The summed E-state index contributed by atoms with van der Waals surface area (Å²) < 4.78 is 18.0. The third kappa shape index (κ3) is 5.44. The van der Waals surface area contributed by atoms with E-state index in [4.69, 9.17) is 15.9 Å². The molecule has 230 valence electrons. The molecule has 0 atom stereocenters. The number of aromatic nitrogens is 6. The highest BCUT2D eigenvalue weighted by Gasteiger charge is 2.35. The molecule has 5 heterocycles. The topological polar surface area (TPSA) is 119 Å². The molecule has 4 aromatic heterocycles. The summed E-state index contributed by atoms with van der Waals surface area (Å²) in [5.74, 6) is 7.40. The van der Waals surface area contributed by atoms with Gasteiger partial charge in [0.15, 0.2) is 11.5 Å². The van der Waals surface area contributed by atoms with E-state index in [1.54, 1.807) is 41.3 Å². The Kier molecular flexibility index (Phi) is 7.11. The first kappa shape index (κ1) is 28.2. The SMILES string of the molecule is NN1CCC(n2c(C3CC3)nc(-c3ccc(F)cc3)c2-c2ccc3nc(NC(=O)c4cccc(-c5cccnc5)c4)cn3n2)CC1. The minimum atomic E-state index is -0.293. The van der Waals surface area contributed by atoms with Gasteiger partial charge in [0.1, 0.15) is 17.3 Å². The molecule has 6 aromatic rings. The molecule has 11 heteroatoms. The molecule has 1 saturated heterocycles. The van der Waals surface area contributed by atoms with Crippen molar-refractivity contribution in [3.63, 3.8) is 0 Å². The predicted molar refractivity (Wildman–Crippen MR) is 173 cm³/mol. The van der Waals surface area contributed by atoms with Gasteiger partial charge in [0.2, 0.25) is 0 Å². The summed E-state index contributed by atoms with van der Waals surface area (Å²) in [6.45, 7) is 1.58. The standard InChI is InChI=1S/C35H32FN9O/c36-27-10-8-22(9-11-27)32-33(45(34(41-32)23-6-7-23)28-14-17-43(37)18-15-28)29-12-13-31-39-30(21-44(31)42-29)40-35(46)25-4-1-3-24(19-25)26-5-2-16-38-20-26/h1-5,8-13,16,19-21,23,28H,6-7,14-15,17-18,37H2,(H,40,46). The lowest BCUT2D eigenvalue weighted by Crippen LogP contribution is -2.39. The Morgan fingerprint density at radius 3 is 2.46 bits per heavy atom. The summed E-state index contributed by atoms with van der Waals surface area (Å²) in [5, 5.41) is 9.79. The van der Waals surface area contributed by atoms with Crippen LogP contribution in [0.2, 0.25) is 0 Å². The molecule has 46 heavy (non-hydrogen) atoms. The molecule has 0 unspecified atom stereocenters. The number of anilines is 1. The molecule has 2 aromatic carbocycles. The molecule has 10 nitrogen and oxygen atoms in total. The first-order valence-corrected chi connectivity index (χ1v) is 15.6. The molecular formula is C35H32FN9O. The second kappa shape index (κ2) is 11.6. The Labute approximate surface area is 264 Å². The number of hydrazine groups is 1. The van der Waals surface area contributed by atoms with Gasteiger partial charge >= 0.3 is 0 Å². The van der Waals surface area contributed by atoms with E-state index in [2.05, 4.69) is 19.9 Å². The lowest BCUT2D eigenvalue weighted by atomic mass is 10.0. The Morgan fingerprint density at radius 1 is 0.891 bits per heavy atom. The largest absolute Gasteiger partial charge is 0.323 e. The molecular weight excluding hydrogens is 581 g/mol. The van der Waals surface area contributed by atoms with Crippen LogP contribution in [0.25, 0.3) is 39.4 Å². The predicted octanol–water partition coefficient (Wildman–Crippen LogP) is 6.10. The van der Waals surface area contributed by atoms with Crippen molar-refractivity contribution in [2.75, 3.05) is 18.4 Å². The van der Waals surface area contributed by atoms with E-state index in [-0.39, 0.29) is 17.8 Å². The Balaban J connectivity index is 1.16. The maximum atomic E-state index is 14.0. The summed E-state index contributed by atoms with van der Waals surface area (Å²) in [6.07, 6.45) is 9.19. The highest BCUT2D eigenvalue weighted by molar-refractivity contribution is 6.04. The fourth-order valence-electron chi connectivity index (χ4n) is 6.28. The van der Waals surface area contributed by atoms with E-state index in [1.807, 2.05) is 47.5 Å². The van der Waals surface area contributed by atoms with E-state index < -0.39 is 0 Å². The number of carbonyl (C=O) groups is 1. The molecule has 0 radical (unpaired) electrons. The molecule has 1 saturated carbocycles. The van der Waals surface area contributed by atoms with Crippen molar-refractivity contribution in [3.05, 3.63) is 109 Å². The van der Waals surface area contributed by atoms with Crippen molar-refractivity contribution in [2.24, 2.45) is 5.84 Å². The fourth-order valence-corrected chi connectivity index (χ4v) is 6.28. The molecule has 2 aliphatic rings. The Hall–Kier alpha value is -5.26. The van der Waals surface area contributed by atoms with E-state index >= 15 is 0 Å². The highest BCUT2D eigenvalue weighted by Crippen LogP contribution is 2.46. The van der Waals surface area contributed by atoms with Crippen LogP contribution in [0.15, 0.2) is 91.4 Å². The number of hydrogen-bond acceptors (Lipinski definition) is 7. The number of amides is 1. The number of pyridine rings is 1. The van der Waals surface area contributed by atoms with Gasteiger partial charge < -0.3 is 9.88 Å². The van der Waals surface area contributed by atoms with Gasteiger partial charge in [0, 0.05) is 54.1 Å². The molecule has 0 bridgehead atoms. The van der Waals surface area contributed by atoms with Gasteiger partial charge in [-0.05, 0) is 85.8 Å². The number of halogens is 1. The van der Waals surface area contributed by atoms with E-state index in [1.165, 1.54) is 12.1 Å². The summed E-state index contributed by atoms with van der Waals surface area (Å²) in [7, 11) is 0. The lowest BCUT2D eigenvalue weighted by molar-refractivity contribution is 0.102. The zero-order valence-corrected chi connectivity index (χ0v) is 25.1. The second-order valence-corrected chi connectivity index (χ2v) is 12.0. The maximum Gasteiger partial charge on any atom is 0.256 e. The summed E-state index contributed by atoms with van der Waals surface area (Å²) in [6, 6.07) is 21.8. The average molecular weight is 614 g/mol. The molecule has 1 aliphatic heterocycles. The monoisotopic (exact) mass is 613 g/mol. The number of nitrogens with two attached hydrogens (primary N) is 1. The molecule has 8 rings (SSSR count). The van der Waals surface area contributed by atoms with Crippen LogP contribution >= 0.6 is 0 Å². The zero-order chi connectivity index (χ0) is 31.2. The van der Waals surface area contributed by atoms with Crippen LogP contribution in [-0.2, 0) is 0 Å². The van der Waals surface area contributed by atoms with Crippen LogP contribution in [-0.4, -0.2) is 53.1 Å². The van der Waals surface area contributed by atoms with Gasteiger partial charge in [0.25, 0.3) is 5.91 Å². The number of fused-ring (bicyclic) bond motifs is 1. The van der Waals surface area contributed by atoms with Gasteiger partial charge in [-0.25, -0.2) is 23.9 Å². The Morgan fingerprint density at radius 2 is 1.70 bits per heavy atom. The number of nitrogens with one attached hydrogen (secondary N) is 1. The van der Waals surface area contributed by atoms with Crippen molar-refractivity contribution in [1.82, 2.24) is 34.1 Å². The number of rotatable bonds is 7. The first-order valence-electron chi connectivity index (χ1n) is 15.6. The van der Waals surface area contributed by atoms with Crippen LogP contribution in [0.3, 0.4) is 0 Å². The summed E-state index contributed by atoms with van der Waals surface area (Å²) in [4.78, 5) is 27.3. The van der Waals surface area contributed by atoms with Crippen LogP contribution in [0.4, 0.5) is 10.2 Å². The quantitative estimate of drug-likeness (QED) is 0.209. The minimum Gasteiger partial charge on any atom is -0.323 e. The van der Waals surface area contributed by atoms with Crippen molar-refractivity contribution in [3.8, 4) is 33.8 Å². The molecule has 2 fully saturated rings. The molecule has 0 spiro atoms. The van der Waals surface area contributed by atoms with Gasteiger partial charge in [-0.3, -0.25) is 15.6 Å². The summed E-state index contributed by atoms with van der Waals surface area (Å²) >= 11 is 0. The molecule has 1 amide bonds. The van der Waals surface area contributed by atoms with E-state index in [0.717, 1.165) is 78.4 Å². The number of hydrogen-bond donors (Lipinski definition) is 2. The van der Waals surface area contributed by atoms with Crippen molar-refractivity contribution in [2.45, 2.75) is 37.6 Å². The number of imidazole rings is 2. The van der Waals surface area contributed by atoms with Gasteiger partial charge in [-0.15, -0.1) is 0 Å². The van der Waals surface area contributed by atoms with Crippen LogP contribution in [0.5, 0.6) is 0 Å². The van der Waals surface area contributed by atoms with Gasteiger partial charge in [0.05, 0.1) is 17.6 Å². The van der Waals surface area contributed by atoms with Crippen LogP contribution in [0.1, 0.15) is 53.8 Å². The number of nitrogens with zero attached hydrogens (tertiary/aromatic N) is 7. The van der Waals surface area contributed by atoms with E-state index in [0.29, 0.717) is 22.9 Å². The number of carbonyl (C=O) groups excluding carboxylic acids is 1. The van der Waals surface area contributed by atoms with Gasteiger partial charge in [-0.2, -0.15) is 5.10 Å².